The SMILES string of the molecule is COCC(C)OCC(O)CNc1ccc(Cl)cc1Br. The quantitative estimate of drug-likeness (QED) is 0.755. The van der Waals surface area contributed by atoms with E-state index in [2.05, 4.69) is 21.2 Å². The van der Waals surface area contributed by atoms with E-state index in [-0.39, 0.29) is 12.7 Å². The zero-order chi connectivity index (χ0) is 14.3. The molecule has 19 heavy (non-hydrogen) atoms. The molecule has 0 radical (unpaired) electrons. The number of benzene rings is 1. The van der Waals surface area contributed by atoms with Crippen LogP contribution in [0.5, 0.6) is 0 Å². The standard InChI is InChI=1S/C13H19BrClNO3/c1-9(7-18-2)19-8-11(17)6-16-13-4-3-10(15)5-12(13)14/h3-5,9,11,16-17H,6-8H2,1-2H3. The monoisotopic (exact) mass is 351 g/mol. The van der Waals surface area contributed by atoms with Gasteiger partial charge in [-0.15, -0.1) is 0 Å². The first kappa shape index (κ1) is 16.7. The number of halogens is 2. The van der Waals surface area contributed by atoms with E-state index in [9.17, 15) is 5.11 Å². The van der Waals surface area contributed by atoms with Crippen molar-refractivity contribution < 1.29 is 14.6 Å². The number of aliphatic hydroxyl groups is 1. The minimum absolute atomic E-state index is 0.0260. The number of hydrogen-bond donors (Lipinski definition) is 2. The van der Waals surface area contributed by atoms with Gasteiger partial charge in [-0.3, -0.25) is 0 Å². The molecule has 0 saturated carbocycles. The number of ether oxygens (including phenoxy) is 2. The molecule has 2 unspecified atom stereocenters. The highest BCUT2D eigenvalue weighted by molar-refractivity contribution is 9.10. The molecule has 2 N–H and O–H groups in total. The van der Waals surface area contributed by atoms with Crippen molar-refractivity contribution in [3.63, 3.8) is 0 Å². The molecule has 0 heterocycles. The molecule has 0 spiro atoms. The van der Waals surface area contributed by atoms with E-state index >= 15 is 0 Å². The van der Waals surface area contributed by atoms with Gasteiger partial charge in [0.15, 0.2) is 0 Å². The zero-order valence-electron chi connectivity index (χ0n) is 11.0. The lowest BCUT2D eigenvalue weighted by molar-refractivity contribution is -0.0282. The van der Waals surface area contributed by atoms with Crippen LogP contribution in [0, 0.1) is 0 Å². The molecule has 2 atom stereocenters. The minimum Gasteiger partial charge on any atom is -0.389 e. The van der Waals surface area contributed by atoms with Crippen molar-refractivity contribution >= 4 is 33.2 Å². The molecule has 0 fully saturated rings. The van der Waals surface area contributed by atoms with Crippen LogP contribution in [0.1, 0.15) is 6.92 Å². The third-order valence-corrected chi connectivity index (χ3v) is 3.32. The van der Waals surface area contributed by atoms with Crippen LogP contribution in [0.2, 0.25) is 5.02 Å². The van der Waals surface area contributed by atoms with E-state index in [1.807, 2.05) is 13.0 Å². The Labute approximate surface area is 127 Å². The van der Waals surface area contributed by atoms with Gasteiger partial charge in [0.1, 0.15) is 0 Å². The summed E-state index contributed by atoms with van der Waals surface area (Å²) in [6.07, 6.45) is -0.608. The van der Waals surface area contributed by atoms with E-state index in [0.29, 0.717) is 18.2 Å². The Kier molecular flexibility index (Phi) is 7.71. The van der Waals surface area contributed by atoms with Crippen LogP contribution in [-0.2, 0) is 9.47 Å². The predicted molar refractivity (Wildman–Crippen MR) is 80.9 cm³/mol. The number of nitrogens with one attached hydrogen (secondary N) is 1. The van der Waals surface area contributed by atoms with Crippen LogP contribution in [0.15, 0.2) is 22.7 Å². The zero-order valence-corrected chi connectivity index (χ0v) is 13.4. The molecule has 0 aliphatic rings. The van der Waals surface area contributed by atoms with Crippen LogP contribution in [0.4, 0.5) is 5.69 Å². The second-order valence-corrected chi connectivity index (χ2v) is 5.55. The van der Waals surface area contributed by atoms with Gasteiger partial charge in [-0.1, -0.05) is 11.6 Å². The van der Waals surface area contributed by atoms with Crippen molar-refractivity contribution in [3.8, 4) is 0 Å². The third kappa shape index (κ3) is 6.58. The number of hydrogen-bond acceptors (Lipinski definition) is 4. The molecule has 0 aromatic heterocycles. The van der Waals surface area contributed by atoms with Gasteiger partial charge < -0.3 is 19.9 Å². The normalized spacial score (nSPS) is 14.2. The number of anilines is 1. The molecule has 0 aliphatic heterocycles. The lowest BCUT2D eigenvalue weighted by Crippen LogP contribution is -2.28. The first-order valence-electron chi connectivity index (χ1n) is 6.00. The molecule has 108 valence electrons. The predicted octanol–water partition coefficient (Wildman–Crippen LogP) is 2.93. The molecule has 0 bridgehead atoms. The van der Waals surface area contributed by atoms with Crippen LogP contribution >= 0.6 is 27.5 Å². The lowest BCUT2D eigenvalue weighted by Gasteiger charge is -2.17. The highest BCUT2D eigenvalue weighted by Gasteiger charge is 2.09. The maximum Gasteiger partial charge on any atom is 0.0945 e. The highest BCUT2D eigenvalue weighted by Crippen LogP contribution is 2.25. The van der Waals surface area contributed by atoms with Crippen LogP contribution < -0.4 is 5.32 Å². The molecule has 4 nitrogen and oxygen atoms in total. The summed E-state index contributed by atoms with van der Waals surface area (Å²) in [5.41, 5.74) is 0.883. The Morgan fingerprint density at radius 3 is 2.79 bits per heavy atom. The second-order valence-electron chi connectivity index (χ2n) is 4.26. The summed E-state index contributed by atoms with van der Waals surface area (Å²) >= 11 is 9.26. The molecule has 0 saturated heterocycles. The first-order chi connectivity index (χ1) is 9.02. The molecule has 1 aromatic carbocycles. The summed E-state index contributed by atoms with van der Waals surface area (Å²) in [4.78, 5) is 0. The van der Waals surface area contributed by atoms with Crippen molar-refractivity contribution in [1.82, 2.24) is 0 Å². The van der Waals surface area contributed by atoms with Crippen molar-refractivity contribution in [1.29, 1.82) is 0 Å². The van der Waals surface area contributed by atoms with E-state index in [1.165, 1.54) is 0 Å². The van der Waals surface area contributed by atoms with E-state index in [0.717, 1.165) is 10.2 Å². The van der Waals surface area contributed by atoms with Crippen molar-refractivity contribution in [2.24, 2.45) is 0 Å². The van der Waals surface area contributed by atoms with Gasteiger partial charge >= 0.3 is 0 Å². The third-order valence-electron chi connectivity index (χ3n) is 2.43. The maximum atomic E-state index is 9.80. The summed E-state index contributed by atoms with van der Waals surface area (Å²) in [6, 6.07) is 5.44. The van der Waals surface area contributed by atoms with Gasteiger partial charge in [0.2, 0.25) is 0 Å². The first-order valence-corrected chi connectivity index (χ1v) is 7.17. The molecule has 1 aromatic rings. The molecular weight excluding hydrogens is 334 g/mol. The van der Waals surface area contributed by atoms with Crippen LogP contribution in [0.25, 0.3) is 0 Å². The topological polar surface area (TPSA) is 50.7 Å². The smallest absolute Gasteiger partial charge is 0.0945 e. The largest absolute Gasteiger partial charge is 0.389 e. The highest BCUT2D eigenvalue weighted by atomic mass is 79.9. The van der Waals surface area contributed by atoms with Gasteiger partial charge in [0, 0.05) is 28.8 Å². The Balaban J connectivity index is 2.31. The minimum atomic E-state index is -0.582. The Morgan fingerprint density at radius 1 is 1.42 bits per heavy atom. The van der Waals surface area contributed by atoms with E-state index in [1.54, 1.807) is 19.2 Å². The van der Waals surface area contributed by atoms with Gasteiger partial charge in [-0.2, -0.15) is 0 Å². The average molecular weight is 353 g/mol. The molecule has 0 aliphatic carbocycles. The van der Waals surface area contributed by atoms with E-state index in [4.69, 9.17) is 21.1 Å². The summed E-state index contributed by atoms with van der Waals surface area (Å²) < 4.78 is 11.2. The fraction of sp³-hybridized carbons (Fsp3) is 0.538. The summed E-state index contributed by atoms with van der Waals surface area (Å²) in [5.74, 6) is 0. The van der Waals surface area contributed by atoms with Gasteiger partial charge in [0.25, 0.3) is 0 Å². The van der Waals surface area contributed by atoms with Crippen LogP contribution in [0.3, 0.4) is 0 Å². The Bertz CT molecular complexity index is 392. The van der Waals surface area contributed by atoms with Gasteiger partial charge in [-0.25, -0.2) is 0 Å². The summed E-state index contributed by atoms with van der Waals surface area (Å²) in [6.45, 7) is 3.09. The van der Waals surface area contributed by atoms with Crippen LogP contribution in [-0.4, -0.2) is 44.2 Å². The fourth-order valence-corrected chi connectivity index (χ4v) is 2.30. The Morgan fingerprint density at radius 2 is 2.16 bits per heavy atom. The summed E-state index contributed by atoms with van der Waals surface area (Å²) in [5, 5.41) is 13.6. The second kappa shape index (κ2) is 8.76. The number of aliphatic hydroxyl groups excluding tert-OH is 1. The fourth-order valence-electron chi connectivity index (χ4n) is 1.48. The molecule has 0 amide bonds. The Hall–Kier alpha value is -0.330. The van der Waals surface area contributed by atoms with Gasteiger partial charge in [0.05, 0.1) is 25.4 Å². The molecular formula is C13H19BrClNO3. The number of rotatable bonds is 8. The molecule has 1 rings (SSSR count). The van der Waals surface area contributed by atoms with Crippen molar-refractivity contribution in [3.05, 3.63) is 27.7 Å². The maximum absolute atomic E-state index is 9.80. The average Bonchev–Trinajstić information content (AvgIpc) is 2.35. The lowest BCUT2D eigenvalue weighted by atomic mass is 10.3. The molecule has 6 heteroatoms. The number of methoxy groups -OCH3 is 1. The van der Waals surface area contributed by atoms with Crippen molar-refractivity contribution in [2.75, 3.05) is 32.2 Å². The summed E-state index contributed by atoms with van der Waals surface area (Å²) in [7, 11) is 1.62. The van der Waals surface area contributed by atoms with Crippen molar-refractivity contribution in [2.45, 2.75) is 19.1 Å². The van der Waals surface area contributed by atoms with Gasteiger partial charge in [-0.05, 0) is 41.1 Å². The van der Waals surface area contributed by atoms with E-state index < -0.39 is 6.10 Å².